The van der Waals surface area contributed by atoms with E-state index < -0.39 is 5.60 Å². The fourth-order valence-corrected chi connectivity index (χ4v) is 1.58. The van der Waals surface area contributed by atoms with Crippen LogP contribution in [0.1, 0.15) is 12.8 Å². The Balaban J connectivity index is 1.97. The SMILES string of the molecule is COCCOCCOCC(O)(CN)C1CC1. The molecule has 16 heavy (non-hydrogen) atoms. The first-order valence-electron chi connectivity index (χ1n) is 5.80. The van der Waals surface area contributed by atoms with Crippen LogP contribution in [-0.2, 0) is 14.2 Å². The van der Waals surface area contributed by atoms with Crippen molar-refractivity contribution in [2.24, 2.45) is 11.7 Å². The van der Waals surface area contributed by atoms with E-state index in [0.29, 0.717) is 39.0 Å². The Labute approximate surface area is 96.9 Å². The highest BCUT2D eigenvalue weighted by atomic mass is 16.5. The third kappa shape index (κ3) is 4.76. The molecular weight excluding hydrogens is 210 g/mol. The van der Waals surface area contributed by atoms with Crippen LogP contribution in [0.2, 0.25) is 0 Å². The molecule has 3 N–H and O–H groups in total. The summed E-state index contributed by atoms with van der Waals surface area (Å²) < 4.78 is 15.4. The van der Waals surface area contributed by atoms with E-state index in [0.717, 1.165) is 12.8 Å². The normalized spacial score (nSPS) is 19.7. The Morgan fingerprint density at radius 3 is 2.38 bits per heavy atom. The molecule has 1 saturated carbocycles. The summed E-state index contributed by atoms with van der Waals surface area (Å²) in [6, 6.07) is 0. The van der Waals surface area contributed by atoms with Crippen molar-refractivity contribution in [3.05, 3.63) is 0 Å². The molecule has 1 aliphatic rings. The minimum atomic E-state index is -0.827. The second-order valence-corrected chi connectivity index (χ2v) is 4.24. The summed E-state index contributed by atoms with van der Waals surface area (Å²) in [5, 5.41) is 10.1. The van der Waals surface area contributed by atoms with Gasteiger partial charge in [-0.1, -0.05) is 0 Å². The second-order valence-electron chi connectivity index (χ2n) is 4.24. The first kappa shape index (κ1) is 13.9. The van der Waals surface area contributed by atoms with E-state index in [1.165, 1.54) is 0 Å². The standard InChI is InChI=1S/C11H23NO4/c1-14-4-5-15-6-7-16-9-11(13,8-12)10-2-3-10/h10,13H,2-9,12H2,1H3. The number of nitrogens with two attached hydrogens (primary N) is 1. The molecule has 1 fully saturated rings. The lowest BCUT2D eigenvalue weighted by atomic mass is 9.99. The lowest BCUT2D eigenvalue weighted by molar-refractivity contribution is -0.0672. The van der Waals surface area contributed by atoms with E-state index >= 15 is 0 Å². The van der Waals surface area contributed by atoms with Gasteiger partial charge < -0.3 is 25.1 Å². The molecule has 0 spiro atoms. The van der Waals surface area contributed by atoms with Crippen LogP contribution in [0.15, 0.2) is 0 Å². The summed E-state index contributed by atoms with van der Waals surface area (Å²) in [6.07, 6.45) is 2.11. The Morgan fingerprint density at radius 2 is 1.81 bits per heavy atom. The first-order chi connectivity index (χ1) is 7.73. The van der Waals surface area contributed by atoms with Gasteiger partial charge in [-0.2, -0.15) is 0 Å². The van der Waals surface area contributed by atoms with E-state index in [9.17, 15) is 5.11 Å². The van der Waals surface area contributed by atoms with Crippen molar-refractivity contribution in [2.75, 3.05) is 46.7 Å². The van der Waals surface area contributed by atoms with Crippen LogP contribution in [0.5, 0.6) is 0 Å². The monoisotopic (exact) mass is 233 g/mol. The fraction of sp³-hybridized carbons (Fsp3) is 1.00. The van der Waals surface area contributed by atoms with Gasteiger partial charge in [0.05, 0.1) is 33.0 Å². The summed E-state index contributed by atoms with van der Waals surface area (Å²) in [5.41, 5.74) is 4.72. The van der Waals surface area contributed by atoms with Gasteiger partial charge in [0.25, 0.3) is 0 Å². The molecule has 5 heteroatoms. The zero-order valence-corrected chi connectivity index (χ0v) is 9.98. The molecule has 96 valence electrons. The zero-order chi connectivity index (χ0) is 11.9. The Hall–Kier alpha value is -0.200. The van der Waals surface area contributed by atoms with Gasteiger partial charge in [0, 0.05) is 13.7 Å². The minimum Gasteiger partial charge on any atom is -0.386 e. The number of rotatable bonds is 10. The van der Waals surface area contributed by atoms with Gasteiger partial charge in [0.1, 0.15) is 5.60 Å². The number of methoxy groups -OCH3 is 1. The summed E-state index contributed by atoms with van der Waals surface area (Å²) >= 11 is 0. The van der Waals surface area contributed by atoms with E-state index in [1.54, 1.807) is 7.11 Å². The van der Waals surface area contributed by atoms with Crippen molar-refractivity contribution in [2.45, 2.75) is 18.4 Å². The third-order valence-corrected chi connectivity index (χ3v) is 2.85. The molecule has 0 saturated heterocycles. The fourth-order valence-electron chi connectivity index (χ4n) is 1.58. The summed E-state index contributed by atoms with van der Waals surface area (Å²) in [7, 11) is 1.64. The van der Waals surface area contributed by atoms with E-state index in [2.05, 4.69) is 0 Å². The van der Waals surface area contributed by atoms with Gasteiger partial charge in [-0.3, -0.25) is 0 Å². The average Bonchev–Trinajstić information content (AvgIpc) is 3.12. The Morgan fingerprint density at radius 1 is 1.19 bits per heavy atom. The molecule has 0 aromatic carbocycles. The van der Waals surface area contributed by atoms with Crippen LogP contribution < -0.4 is 5.73 Å². The average molecular weight is 233 g/mol. The molecular formula is C11H23NO4. The van der Waals surface area contributed by atoms with Gasteiger partial charge in [-0.25, -0.2) is 0 Å². The van der Waals surface area contributed by atoms with Gasteiger partial charge in [-0.15, -0.1) is 0 Å². The molecule has 1 unspecified atom stereocenters. The Kier molecular flexibility index (Phi) is 6.23. The van der Waals surface area contributed by atoms with Crippen LogP contribution in [0.25, 0.3) is 0 Å². The van der Waals surface area contributed by atoms with Crippen molar-refractivity contribution < 1.29 is 19.3 Å². The molecule has 0 aromatic rings. The highest BCUT2D eigenvalue weighted by molar-refractivity contribution is 4.95. The van der Waals surface area contributed by atoms with Crippen molar-refractivity contribution in [3.8, 4) is 0 Å². The quantitative estimate of drug-likeness (QED) is 0.510. The summed E-state index contributed by atoms with van der Waals surface area (Å²) in [5.74, 6) is 0.326. The van der Waals surface area contributed by atoms with Crippen molar-refractivity contribution in [1.82, 2.24) is 0 Å². The molecule has 0 radical (unpaired) electrons. The zero-order valence-electron chi connectivity index (χ0n) is 9.98. The van der Waals surface area contributed by atoms with Crippen molar-refractivity contribution in [1.29, 1.82) is 0 Å². The van der Waals surface area contributed by atoms with Crippen molar-refractivity contribution >= 4 is 0 Å². The molecule has 1 atom stereocenters. The molecule has 1 rings (SSSR count). The predicted molar refractivity (Wildman–Crippen MR) is 60.2 cm³/mol. The number of hydrogen-bond acceptors (Lipinski definition) is 5. The lowest BCUT2D eigenvalue weighted by Crippen LogP contribution is -2.44. The summed E-state index contributed by atoms with van der Waals surface area (Å²) in [6.45, 7) is 2.75. The topological polar surface area (TPSA) is 73.9 Å². The number of aliphatic hydroxyl groups is 1. The first-order valence-corrected chi connectivity index (χ1v) is 5.80. The smallest absolute Gasteiger partial charge is 0.103 e. The number of ether oxygens (including phenoxy) is 3. The van der Waals surface area contributed by atoms with Crippen LogP contribution in [0, 0.1) is 5.92 Å². The summed E-state index contributed by atoms with van der Waals surface area (Å²) in [4.78, 5) is 0. The van der Waals surface area contributed by atoms with E-state index in [4.69, 9.17) is 19.9 Å². The highest BCUT2D eigenvalue weighted by Crippen LogP contribution is 2.39. The predicted octanol–water partition coefficient (Wildman–Crippen LogP) is -0.234. The Bertz CT molecular complexity index is 187. The molecule has 5 nitrogen and oxygen atoms in total. The molecule has 0 amide bonds. The van der Waals surface area contributed by atoms with E-state index in [1.807, 2.05) is 0 Å². The molecule has 0 heterocycles. The maximum absolute atomic E-state index is 10.1. The van der Waals surface area contributed by atoms with Crippen LogP contribution in [0.3, 0.4) is 0 Å². The minimum absolute atomic E-state index is 0.266. The van der Waals surface area contributed by atoms with Crippen LogP contribution >= 0.6 is 0 Å². The van der Waals surface area contributed by atoms with Gasteiger partial charge in [0.2, 0.25) is 0 Å². The third-order valence-electron chi connectivity index (χ3n) is 2.85. The number of hydrogen-bond donors (Lipinski definition) is 2. The molecule has 0 aliphatic heterocycles. The highest BCUT2D eigenvalue weighted by Gasteiger charge is 2.42. The van der Waals surface area contributed by atoms with Gasteiger partial charge in [0.15, 0.2) is 0 Å². The largest absolute Gasteiger partial charge is 0.386 e. The van der Waals surface area contributed by atoms with Crippen LogP contribution in [-0.4, -0.2) is 57.4 Å². The van der Waals surface area contributed by atoms with Crippen molar-refractivity contribution in [3.63, 3.8) is 0 Å². The van der Waals surface area contributed by atoms with Gasteiger partial charge >= 0.3 is 0 Å². The lowest BCUT2D eigenvalue weighted by Gasteiger charge is -2.26. The maximum Gasteiger partial charge on any atom is 0.103 e. The van der Waals surface area contributed by atoms with Gasteiger partial charge in [-0.05, 0) is 18.8 Å². The molecule has 0 aromatic heterocycles. The second kappa shape index (κ2) is 7.19. The van der Waals surface area contributed by atoms with Crippen LogP contribution in [0.4, 0.5) is 0 Å². The molecule has 0 bridgehead atoms. The maximum atomic E-state index is 10.1. The molecule has 1 aliphatic carbocycles. The van der Waals surface area contributed by atoms with E-state index in [-0.39, 0.29) is 6.54 Å².